The Balaban J connectivity index is 2.23. The van der Waals surface area contributed by atoms with Gasteiger partial charge in [0.1, 0.15) is 11.6 Å². The molecule has 1 aliphatic heterocycles. The number of hydrogen-bond acceptors (Lipinski definition) is 3. The topological polar surface area (TPSA) is 70.5 Å². The van der Waals surface area contributed by atoms with Gasteiger partial charge in [0.25, 0.3) is 0 Å². The molecular weight excluding hydrogens is 215 g/mol. The zero-order chi connectivity index (χ0) is 11.7. The van der Waals surface area contributed by atoms with Crippen LogP contribution in [0.3, 0.4) is 0 Å². The summed E-state index contributed by atoms with van der Waals surface area (Å²) < 4.78 is 12.9. The molecule has 1 N–H and O–H groups in total. The summed E-state index contributed by atoms with van der Waals surface area (Å²) in [4.78, 5) is 27.3. The molecule has 1 aromatic rings. The molecule has 1 unspecified atom stereocenters. The molecular formula is C10H9FN2O3. The summed E-state index contributed by atoms with van der Waals surface area (Å²) in [5.41, 5.74) is 0. The van der Waals surface area contributed by atoms with E-state index in [4.69, 9.17) is 5.11 Å². The lowest BCUT2D eigenvalue weighted by Gasteiger charge is -2.14. The molecule has 5 nitrogen and oxygen atoms in total. The largest absolute Gasteiger partial charge is 0.481 e. The molecule has 0 radical (unpaired) electrons. The lowest BCUT2D eigenvalue weighted by molar-refractivity contribution is -0.141. The van der Waals surface area contributed by atoms with Crippen LogP contribution in [-0.2, 0) is 9.59 Å². The number of halogens is 1. The number of carbonyl (C=O) groups is 2. The number of carboxylic acids is 1. The van der Waals surface area contributed by atoms with Crippen LogP contribution in [0.5, 0.6) is 0 Å². The van der Waals surface area contributed by atoms with Crippen molar-refractivity contribution in [1.82, 2.24) is 4.98 Å². The van der Waals surface area contributed by atoms with Crippen molar-refractivity contribution in [3.8, 4) is 0 Å². The van der Waals surface area contributed by atoms with Crippen molar-refractivity contribution in [1.29, 1.82) is 0 Å². The van der Waals surface area contributed by atoms with Gasteiger partial charge in [-0.1, -0.05) is 0 Å². The zero-order valence-corrected chi connectivity index (χ0v) is 8.26. The fourth-order valence-corrected chi connectivity index (χ4v) is 1.64. The van der Waals surface area contributed by atoms with Gasteiger partial charge < -0.3 is 5.11 Å². The Hall–Kier alpha value is -1.98. The van der Waals surface area contributed by atoms with Crippen molar-refractivity contribution in [3.63, 3.8) is 0 Å². The highest BCUT2D eigenvalue weighted by molar-refractivity contribution is 5.98. The van der Waals surface area contributed by atoms with Crippen molar-refractivity contribution in [3.05, 3.63) is 24.1 Å². The molecule has 2 rings (SSSR count). The number of hydrogen-bond donors (Lipinski definition) is 1. The molecule has 84 valence electrons. The number of carbonyl (C=O) groups excluding carboxylic acids is 1. The summed E-state index contributed by atoms with van der Waals surface area (Å²) in [6, 6.07) is 2.28. The van der Waals surface area contributed by atoms with Crippen LogP contribution in [0.25, 0.3) is 0 Å². The maximum absolute atomic E-state index is 12.9. The van der Waals surface area contributed by atoms with E-state index in [1.54, 1.807) is 0 Å². The van der Waals surface area contributed by atoms with E-state index in [0.717, 1.165) is 6.07 Å². The lowest BCUT2D eigenvalue weighted by atomic mass is 10.1. The third-order valence-electron chi connectivity index (χ3n) is 2.46. The van der Waals surface area contributed by atoms with Gasteiger partial charge in [-0.2, -0.15) is 0 Å². The molecule has 1 aliphatic rings. The number of amides is 1. The molecule has 1 amide bonds. The van der Waals surface area contributed by atoms with Crippen molar-refractivity contribution >= 4 is 17.7 Å². The van der Waals surface area contributed by atoms with Gasteiger partial charge in [-0.15, -0.1) is 0 Å². The first-order chi connectivity index (χ1) is 7.58. The molecule has 0 saturated carbocycles. The van der Waals surface area contributed by atoms with Crippen LogP contribution in [0, 0.1) is 11.7 Å². The van der Waals surface area contributed by atoms with Crippen LogP contribution < -0.4 is 4.90 Å². The second kappa shape index (κ2) is 3.88. The minimum absolute atomic E-state index is 0.0463. The van der Waals surface area contributed by atoms with E-state index < -0.39 is 17.7 Å². The molecule has 2 heterocycles. The molecule has 1 fully saturated rings. The Bertz CT molecular complexity index is 449. The van der Waals surface area contributed by atoms with E-state index in [-0.39, 0.29) is 24.7 Å². The van der Waals surface area contributed by atoms with Gasteiger partial charge in [0.2, 0.25) is 5.91 Å². The third-order valence-corrected chi connectivity index (χ3v) is 2.46. The first kappa shape index (κ1) is 10.5. The van der Waals surface area contributed by atoms with E-state index in [1.807, 2.05) is 0 Å². The number of anilines is 1. The minimum atomic E-state index is -1.02. The second-order valence-electron chi connectivity index (χ2n) is 3.58. The molecule has 1 atom stereocenters. The molecule has 1 saturated heterocycles. The maximum Gasteiger partial charge on any atom is 0.308 e. The van der Waals surface area contributed by atoms with Gasteiger partial charge in [-0.05, 0) is 6.07 Å². The summed E-state index contributed by atoms with van der Waals surface area (Å²) in [5.74, 6) is -2.44. The molecule has 0 aliphatic carbocycles. The van der Waals surface area contributed by atoms with Crippen LogP contribution in [-0.4, -0.2) is 28.5 Å². The van der Waals surface area contributed by atoms with Crippen LogP contribution in [0.4, 0.5) is 10.2 Å². The Labute approximate surface area is 90.5 Å². The standard InChI is InChI=1S/C10H9FN2O3/c11-7-1-2-12-8(4-7)13-5-6(10(15)16)3-9(13)14/h1-2,4,6H,3,5H2,(H,15,16). The molecule has 0 bridgehead atoms. The lowest BCUT2D eigenvalue weighted by Crippen LogP contribution is -2.26. The number of nitrogens with zero attached hydrogens (tertiary/aromatic N) is 2. The van der Waals surface area contributed by atoms with E-state index in [1.165, 1.54) is 17.2 Å². The normalized spacial score (nSPS) is 20.2. The van der Waals surface area contributed by atoms with Gasteiger partial charge in [-0.25, -0.2) is 9.37 Å². The molecule has 0 spiro atoms. The van der Waals surface area contributed by atoms with Gasteiger partial charge in [0, 0.05) is 25.2 Å². The number of aromatic nitrogens is 1. The minimum Gasteiger partial charge on any atom is -0.481 e. The fraction of sp³-hybridized carbons (Fsp3) is 0.300. The number of rotatable bonds is 2. The van der Waals surface area contributed by atoms with Crippen LogP contribution in [0.15, 0.2) is 18.3 Å². The Morgan fingerprint density at radius 2 is 2.38 bits per heavy atom. The highest BCUT2D eigenvalue weighted by Crippen LogP contribution is 2.23. The van der Waals surface area contributed by atoms with Crippen molar-refractivity contribution in [2.75, 3.05) is 11.4 Å². The molecule has 1 aromatic heterocycles. The summed E-state index contributed by atoms with van der Waals surface area (Å²) in [6.07, 6.45) is 1.18. The zero-order valence-electron chi connectivity index (χ0n) is 8.26. The van der Waals surface area contributed by atoms with E-state index in [0.29, 0.717) is 0 Å². The number of carboxylic acid groups (broad SMARTS) is 1. The van der Waals surface area contributed by atoms with Crippen LogP contribution in [0.1, 0.15) is 6.42 Å². The third kappa shape index (κ3) is 1.86. The predicted molar refractivity (Wildman–Crippen MR) is 52.3 cm³/mol. The summed E-state index contributed by atoms with van der Waals surface area (Å²) in [7, 11) is 0. The van der Waals surface area contributed by atoms with Crippen LogP contribution in [0.2, 0.25) is 0 Å². The average Bonchev–Trinajstić information content (AvgIpc) is 2.60. The smallest absolute Gasteiger partial charge is 0.308 e. The van der Waals surface area contributed by atoms with Crippen LogP contribution >= 0.6 is 0 Å². The van der Waals surface area contributed by atoms with Crippen molar-refractivity contribution < 1.29 is 19.1 Å². The molecule has 16 heavy (non-hydrogen) atoms. The fourth-order valence-electron chi connectivity index (χ4n) is 1.64. The highest BCUT2D eigenvalue weighted by atomic mass is 19.1. The maximum atomic E-state index is 12.9. The SMILES string of the molecule is O=C(O)C1CC(=O)N(c2cc(F)ccn2)C1. The Morgan fingerprint density at radius 3 is 2.94 bits per heavy atom. The monoisotopic (exact) mass is 224 g/mol. The van der Waals surface area contributed by atoms with Crippen molar-refractivity contribution in [2.45, 2.75) is 6.42 Å². The Morgan fingerprint density at radius 1 is 1.62 bits per heavy atom. The van der Waals surface area contributed by atoms with E-state index >= 15 is 0 Å². The van der Waals surface area contributed by atoms with Gasteiger partial charge in [-0.3, -0.25) is 14.5 Å². The molecule has 6 heteroatoms. The summed E-state index contributed by atoms with van der Waals surface area (Å²) >= 11 is 0. The average molecular weight is 224 g/mol. The van der Waals surface area contributed by atoms with Gasteiger partial charge in [0.05, 0.1) is 5.92 Å². The van der Waals surface area contributed by atoms with Gasteiger partial charge >= 0.3 is 5.97 Å². The van der Waals surface area contributed by atoms with Crippen molar-refractivity contribution in [2.24, 2.45) is 5.92 Å². The summed E-state index contributed by atoms with van der Waals surface area (Å²) in [6.45, 7) is 0.0463. The number of aliphatic carboxylic acids is 1. The second-order valence-corrected chi connectivity index (χ2v) is 3.58. The predicted octanol–water partition coefficient (Wildman–Crippen LogP) is 0.658. The Kier molecular flexibility index (Phi) is 2.55. The first-order valence-corrected chi connectivity index (χ1v) is 4.72. The van der Waals surface area contributed by atoms with E-state index in [2.05, 4.69) is 4.98 Å². The molecule has 0 aromatic carbocycles. The first-order valence-electron chi connectivity index (χ1n) is 4.72. The number of pyridine rings is 1. The van der Waals surface area contributed by atoms with Gasteiger partial charge in [0.15, 0.2) is 0 Å². The highest BCUT2D eigenvalue weighted by Gasteiger charge is 2.35. The summed E-state index contributed by atoms with van der Waals surface area (Å²) in [5, 5.41) is 8.78. The van der Waals surface area contributed by atoms with E-state index in [9.17, 15) is 14.0 Å². The quantitative estimate of drug-likeness (QED) is 0.801.